The molecule has 0 aliphatic carbocycles. The van der Waals surface area contributed by atoms with Crippen molar-refractivity contribution in [3.8, 4) is 178 Å². The van der Waals surface area contributed by atoms with E-state index in [2.05, 4.69) is 449 Å². The van der Waals surface area contributed by atoms with Crippen LogP contribution in [0.25, 0.3) is 200 Å². The molecule has 0 saturated carbocycles. The summed E-state index contributed by atoms with van der Waals surface area (Å²) in [6.45, 7) is 0. The third kappa shape index (κ3) is 11.9. The second-order valence-corrected chi connectivity index (χ2v) is 28.2. The average Bonchev–Trinajstić information content (AvgIpc) is 0.696. The highest BCUT2D eigenvalue weighted by Crippen LogP contribution is 2.63. The molecule has 0 spiro atoms. The fraction of sp³-hybridized carbons (Fsp3) is 0. The van der Waals surface area contributed by atoms with E-state index in [1.807, 2.05) is 0 Å². The van der Waals surface area contributed by atoms with Crippen molar-refractivity contribution in [2.24, 2.45) is 0 Å². The van der Waals surface area contributed by atoms with Crippen LogP contribution in [-0.4, -0.2) is 0 Å². The topological polar surface area (TPSA) is 0 Å². The lowest BCUT2D eigenvalue weighted by molar-refractivity contribution is 1.53. The quantitative estimate of drug-likeness (QED) is 0.0904. The lowest BCUT2D eigenvalue weighted by atomic mass is 9.70. The van der Waals surface area contributed by atoms with Crippen molar-refractivity contribution in [3.05, 3.63) is 449 Å². The number of hydrogen-bond donors (Lipinski definition) is 0. The van der Waals surface area contributed by atoms with Crippen LogP contribution in [0.15, 0.2) is 449 Å². The summed E-state index contributed by atoms with van der Waals surface area (Å²) >= 11 is 0. The summed E-state index contributed by atoms with van der Waals surface area (Å²) in [5.41, 5.74) is 36.1. The first-order chi connectivity index (χ1) is 54.7. The lowest BCUT2D eigenvalue weighted by Crippen LogP contribution is -2.04. The van der Waals surface area contributed by atoms with E-state index in [0.29, 0.717) is 0 Å². The first-order valence-electron chi connectivity index (χ1n) is 38.1. The summed E-state index contributed by atoms with van der Waals surface area (Å²) in [4.78, 5) is 0. The van der Waals surface area contributed by atoms with Crippen LogP contribution in [0.2, 0.25) is 0 Å². The van der Waals surface area contributed by atoms with Gasteiger partial charge in [-0.25, -0.2) is 0 Å². The Balaban J connectivity index is 1.12. The van der Waals surface area contributed by atoms with Crippen LogP contribution in [0, 0.1) is 0 Å². The second kappa shape index (κ2) is 29.6. The molecule has 19 aromatic carbocycles. The van der Waals surface area contributed by atoms with E-state index < -0.39 is 0 Å². The fourth-order valence-electron chi connectivity index (χ4n) is 17.4. The van der Waals surface area contributed by atoms with Crippen molar-refractivity contribution in [1.29, 1.82) is 0 Å². The number of fused-ring (bicyclic) bond motifs is 2. The molecule has 0 heterocycles. The molecule has 0 unspecified atom stereocenters. The van der Waals surface area contributed by atoms with Crippen molar-refractivity contribution >= 4 is 21.5 Å². The molecule has 0 atom stereocenters. The van der Waals surface area contributed by atoms with Crippen molar-refractivity contribution in [3.63, 3.8) is 0 Å². The summed E-state index contributed by atoms with van der Waals surface area (Å²) in [6, 6.07) is 167. The van der Waals surface area contributed by atoms with Crippen LogP contribution in [-0.2, 0) is 0 Å². The molecule has 0 fully saturated rings. The molecule has 0 radical (unpaired) electrons. The maximum Gasteiger partial charge on any atom is -0.0000932 e. The standard InChI is InChI=1S/C110H74/c1-15-44-75(45-16-1)91-93(77-48-19-3-20-49-77)103(87-68-39-13-40-69-87)109-105(97(81-56-27-7-28-57-81)95(79-52-23-5-24-53-79)101(85-64-35-11-36-65-85)107(109)99(91)83-60-31-9-32-61-83)89-72-43-73-90(74-89)106-98(82-58-29-8-30-59-82)96(80-54-25-6-26-55-80)102(86-66-37-12-38-67-86)108-100(84-62-33-10-34-63-84)92(76-46-17-2-18-47-76)94(78-50-21-4-22-51-78)104(110(106)108)88-70-41-14-42-71-88/h1-74H. The van der Waals surface area contributed by atoms with Crippen molar-refractivity contribution in [1.82, 2.24) is 0 Å². The van der Waals surface area contributed by atoms with E-state index in [1.165, 1.54) is 0 Å². The minimum absolute atomic E-state index is 1.07. The van der Waals surface area contributed by atoms with Gasteiger partial charge < -0.3 is 0 Å². The summed E-state index contributed by atoms with van der Waals surface area (Å²) in [5, 5.41) is 4.62. The Kier molecular flexibility index (Phi) is 17.8. The SMILES string of the molecule is c1ccc(-c2c(-c3ccccc3)c(-c3ccccc3)c3c(-c4cccc(-c5c(-c6ccccc6)c(-c6ccccc6)c(-c6ccccc6)c6c(-c7ccccc7)c(-c7ccccc7)c(-c7ccccc7)c(-c7ccccc7)c56)c4)c(-c4ccccc4)c(-c4ccccc4)c(-c4ccccc4)c3c2-c2ccccc2)cc1. The molecule has 0 amide bonds. The Labute approximate surface area is 644 Å². The summed E-state index contributed by atoms with van der Waals surface area (Å²) in [6.07, 6.45) is 0. The third-order valence-electron chi connectivity index (χ3n) is 21.8. The van der Waals surface area contributed by atoms with Gasteiger partial charge in [-0.2, -0.15) is 0 Å². The molecule has 0 aromatic heterocycles. The third-order valence-corrected chi connectivity index (χ3v) is 21.8. The van der Waals surface area contributed by atoms with Crippen molar-refractivity contribution < 1.29 is 0 Å². The van der Waals surface area contributed by atoms with Crippen molar-refractivity contribution in [2.75, 3.05) is 0 Å². The predicted molar refractivity (Wildman–Crippen MR) is 468 cm³/mol. The summed E-state index contributed by atoms with van der Waals surface area (Å²) < 4.78 is 0. The number of rotatable bonds is 16. The first kappa shape index (κ1) is 66.4. The molecule has 514 valence electrons. The van der Waals surface area contributed by atoms with Crippen LogP contribution in [0.5, 0.6) is 0 Å². The second-order valence-electron chi connectivity index (χ2n) is 28.2. The van der Waals surface area contributed by atoms with Gasteiger partial charge in [-0.3, -0.25) is 0 Å². The zero-order valence-electron chi connectivity index (χ0n) is 60.7. The molecule has 0 aliphatic heterocycles. The lowest BCUT2D eigenvalue weighted by Gasteiger charge is -2.32. The molecule has 0 aliphatic rings. The van der Waals surface area contributed by atoms with Crippen LogP contribution >= 0.6 is 0 Å². The van der Waals surface area contributed by atoms with E-state index in [0.717, 1.165) is 200 Å². The van der Waals surface area contributed by atoms with Gasteiger partial charge in [0.2, 0.25) is 0 Å². The van der Waals surface area contributed by atoms with Gasteiger partial charge >= 0.3 is 0 Å². The number of hydrogen-bond acceptors (Lipinski definition) is 0. The Morgan fingerprint density at radius 2 is 0.164 bits per heavy atom. The fourth-order valence-corrected chi connectivity index (χ4v) is 17.4. The summed E-state index contributed by atoms with van der Waals surface area (Å²) in [5.74, 6) is 0. The molecule has 0 N–H and O–H groups in total. The minimum atomic E-state index is 1.07. The summed E-state index contributed by atoms with van der Waals surface area (Å²) in [7, 11) is 0. The van der Waals surface area contributed by atoms with Gasteiger partial charge in [0, 0.05) is 0 Å². The van der Waals surface area contributed by atoms with Gasteiger partial charge in [-0.15, -0.1) is 0 Å². The number of benzene rings is 19. The minimum Gasteiger partial charge on any atom is -0.0622 e. The Morgan fingerprint density at radius 3 is 0.282 bits per heavy atom. The highest BCUT2D eigenvalue weighted by atomic mass is 14.4. The first-order valence-corrected chi connectivity index (χ1v) is 38.1. The van der Waals surface area contributed by atoms with E-state index in [-0.39, 0.29) is 0 Å². The molecule has 0 bridgehead atoms. The van der Waals surface area contributed by atoms with Gasteiger partial charge in [0.05, 0.1) is 0 Å². The zero-order valence-corrected chi connectivity index (χ0v) is 60.7. The Bertz CT molecular complexity index is 5990. The van der Waals surface area contributed by atoms with E-state index in [9.17, 15) is 0 Å². The molecule has 110 heavy (non-hydrogen) atoms. The van der Waals surface area contributed by atoms with E-state index in [1.54, 1.807) is 0 Å². The molecule has 19 rings (SSSR count). The highest BCUT2D eigenvalue weighted by Gasteiger charge is 2.36. The molecule has 19 aromatic rings. The van der Waals surface area contributed by atoms with Crippen LogP contribution < -0.4 is 0 Å². The monoisotopic (exact) mass is 1390 g/mol. The van der Waals surface area contributed by atoms with Gasteiger partial charge in [-0.1, -0.05) is 443 Å². The largest absolute Gasteiger partial charge is 0.0622 e. The maximum atomic E-state index is 2.59. The highest BCUT2D eigenvalue weighted by molar-refractivity contribution is 6.33. The average molecular weight is 1400 g/mol. The van der Waals surface area contributed by atoms with Crippen LogP contribution in [0.3, 0.4) is 0 Å². The molecular formula is C110H74. The molecular weight excluding hydrogens is 1320 g/mol. The molecule has 0 heteroatoms. The Morgan fingerprint density at radius 1 is 0.0727 bits per heavy atom. The van der Waals surface area contributed by atoms with Gasteiger partial charge in [-0.05, 0) is 206 Å². The molecule has 0 nitrogen and oxygen atoms in total. The van der Waals surface area contributed by atoms with Gasteiger partial charge in [0.15, 0.2) is 0 Å². The van der Waals surface area contributed by atoms with Gasteiger partial charge in [0.1, 0.15) is 0 Å². The van der Waals surface area contributed by atoms with Gasteiger partial charge in [0.25, 0.3) is 0 Å². The Hall–Kier alpha value is -14.3. The van der Waals surface area contributed by atoms with Crippen LogP contribution in [0.4, 0.5) is 0 Å². The van der Waals surface area contributed by atoms with E-state index >= 15 is 0 Å². The normalized spacial score (nSPS) is 11.3. The van der Waals surface area contributed by atoms with Crippen molar-refractivity contribution in [2.45, 2.75) is 0 Å². The smallest absolute Gasteiger partial charge is 0.0000932 e. The zero-order chi connectivity index (χ0) is 73.1. The van der Waals surface area contributed by atoms with E-state index in [4.69, 9.17) is 0 Å². The molecule has 0 saturated heterocycles. The maximum absolute atomic E-state index is 2.59. The predicted octanol–water partition coefficient (Wildman–Crippen LogP) is 30.7. The van der Waals surface area contributed by atoms with Crippen LogP contribution in [0.1, 0.15) is 0 Å².